The maximum atomic E-state index is 12.5. The zero-order chi connectivity index (χ0) is 18.4. The van der Waals surface area contributed by atoms with E-state index >= 15 is 0 Å². The van der Waals surface area contributed by atoms with Gasteiger partial charge in [-0.2, -0.15) is 0 Å². The zero-order valence-electron chi connectivity index (χ0n) is 15.0. The summed E-state index contributed by atoms with van der Waals surface area (Å²) in [5.41, 5.74) is 4.56. The zero-order valence-corrected chi connectivity index (χ0v) is 15.0. The van der Waals surface area contributed by atoms with Gasteiger partial charge in [-0.3, -0.25) is 4.79 Å². The van der Waals surface area contributed by atoms with Crippen LogP contribution in [0.25, 0.3) is 0 Å². The van der Waals surface area contributed by atoms with E-state index in [4.69, 9.17) is 0 Å². The minimum absolute atomic E-state index is 0.247. The first-order valence-corrected chi connectivity index (χ1v) is 8.59. The Morgan fingerprint density at radius 1 is 0.962 bits per heavy atom. The molecule has 26 heavy (non-hydrogen) atoms. The molecule has 0 saturated carbocycles. The highest BCUT2D eigenvalue weighted by Crippen LogP contribution is 2.15. The average Bonchev–Trinajstić information content (AvgIpc) is 2.62. The Balaban J connectivity index is 1.61. The van der Waals surface area contributed by atoms with Crippen molar-refractivity contribution in [1.82, 2.24) is 9.97 Å². The average molecular weight is 346 g/mol. The lowest BCUT2D eigenvalue weighted by Gasteiger charge is -2.09. The molecule has 5 heteroatoms. The van der Waals surface area contributed by atoms with Crippen LogP contribution < -0.4 is 10.6 Å². The molecule has 0 aliphatic carbocycles. The fourth-order valence-electron chi connectivity index (χ4n) is 2.80. The molecule has 132 valence electrons. The predicted molar refractivity (Wildman–Crippen MR) is 105 cm³/mol. The van der Waals surface area contributed by atoms with E-state index in [2.05, 4.69) is 38.8 Å². The third-order valence-corrected chi connectivity index (χ3v) is 3.94. The van der Waals surface area contributed by atoms with Crippen molar-refractivity contribution < 1.29 is 4.79 Å². The van der Waals surface area contributed by atoms with E-state index in [9.17, 15) is 4.79 Å². The number of nitrogens with zero attached hydrogens (tertiary/aromatic N) is 2. The first kappa shape index (κ1) is 17.6. The van der Waals surface area contributed by atoms with Crippen LogP contribution in [0.1, 0.15) is 27.2 Å². The first-order valence-electron chi connectivity index (χ1n) is 8.59. The normalized spacial score (nSPS) is 10.4. The van der Waals surface area contributed by atoms with Crippen molar-refractivity contribution >= 4 is 17.4 Å². The lowest BCUT2D eigenvalue weighted by atomic mass is 10.1. The largest absolute Gasteiger partial charge is 0.370 e. The number of nitrogens with one attached hydrogen (secondary N) is 2. The van der Waals surface area contributed by atoms with Gasteiger partial charge in [-0.1, -0.05) is 36.4 Å². The van der Waals surface area contributed by atoms with E-state index < -0.39 is 0 Å². The molecule has 3 rings (SSSR count). The molecule has 5 nitrogen and oxygen atoms in total. The molecule has 0 spiro atoms. The number of carbonyl (C=O) groups excluding carboxylic acids is 1. The van der Waals surface area contributed by atoms with Crippen LogP contribution in [0.3, 0.4) is 0 Å². The molecule has 0 radical (unpaired) electrons. The smallest absolute Gasteiger partial charge is 0.274 e. The molecular formula is C21H22N4O. The number of aromatic nitrogens is 2. The van der Waals surface area contributed by atoms with Crippen molar-refractivity contribution in [2.24, 2.45) is 0 Å². The molecule has 0 bridgehead atoms. The summed E-state index contributed by atoms with van der Waals surface area (Å²) in [6, 6.07) is 17.8. The molecule has 0 fully saturated rings. The quantitative estimate of drug-likeness (QED) is 0.708. The Kier molecular flexibility index (Phi) is 5.59. The molecule has 2 N–H and O–H groups in total. The van der Waals surface area contributed by atoms with Gasteiger partial charge in [0.15, 0.2) is 0 Å². The van der Waals surface area contributed by atoms with Crippen molar-refractivity contribution in [3.05, 3.63) is 83.3 Å². The maximum absolute atomic E-state index is 12.5. The summed E-state index contributed by atoms with van der Waals surface area (Å²) in [6.45, 7) is 4.74. The van der Waals surface area contributed by atoms with Gasteiger partial charge in [-0.15, -0.1) is 0 Å². The molecule has 0 aliphatic heterocycles. The molecule has 0 atom stereocenters. The van der Waals surface area contributed by atoms with Gasteiger partial charge in [0, 0.05) is 18.3 Å². The van der Waals surface area contributed by atoms with Crippen molar-refractivity contribution in [1.29, 1.82) is 0 Å². The van der Waals surface area contributed by atoms with Crippen molar-refractivity contribution in [2.75, 3.05) is 17.2 Å². The van der Waals surface area contributed by atoms with Crippen LogP contribution in [-0.4, -0.2) is 22.4 Å². The monoisotopic (exact) mass is 346 g/mol. The lowest BCUT2D eigenvalue weighted by molar-refractivity contribution is 0.102. The van der Waals surface area contributed by atoms with Gasteiger partial charge in [0.25, 0.3) is 5.91 Å². The molecule has 3 aromatic rings. The van der Waals surface area contributed by atoms with Gasteiger partial charge in [-0.25, -0.2) is 9.97 Å². The van der Waals surface area contributed by atoms with Crippen molar-refractivity contribution in [2.45, 2.75) is 20.3 Å². The molecule has 0 unspecified atom stereocenters. The van der Waals surface area contributed by atoms with Gasteiger partial charge in [-0.05, 0) is 49.1 Å². The second-order valence-electron chi connectivity index (χ2n) is 6.28. The van der Waals surface area contributed by atoms with Gasteiger partial charge in [0.2, 0.25) is 0 Å². The number of hydrogen-bond acceptors (Lipinski definition) is 4. The van der Waals surface area contributed by atoms with E-state index in [0.29, 0.717) is 11.5 Å². The second-order valence-corrected chi connectivity index (χ2v) is 6.28. The van der Waals surface area contributed by atoms with Crippen LogP contribution in [0.15, 0.2) is 60.9 Å². The van der Waals surface area contributed by atoms with E-state index in [-0.39, 0.29) is 5.91 Å². The number of benzene rings is 2. The summed E-state index contributed by atoms with van der Waals surface area (Å²) in [7, 11) is 0. The number of aryl methyl sites for hydroxylation is 2. The summed E-state index contributed by atoms with van der Waals surface area (Å²) in [4.78, 5) is 20.7. The highest BCUT2D eigenvalue weighted by atomic mass is 16.1. The van der Waals surface area contributed by atoms with Crippen LogP contribution in [0.4, 0.5) is 11.5 Å². The van der Waals surface area contributed by atoms with Crippen LogP contribution in [0.5, 0.6) is 0 Å². The Morgan fingerprint density at radius 2 is 1.69 bits per heavy atom. The van der Waals surface area contributed by atoms with Gasteiger partial charge in [0.05, 0.1) is 0 Å². The minimum Gasteiger partial charge on any atom is -0.370 e. The highest BCUT2D eigenvalue weighted by molar-refractivity contribution is 6.03. The summed E-state index contributed by atoms with van der Waals surface area (Å²) >= 11 is 0. The SMILES string of the molecule is Cc1cc(C)cc(NC(=O)c2cc(NCCc3ccccc3)ncn2)c1. The van der Waals surface area contributed by atoms with Crippen LogP contribution >= 0.6 is 0 Å². The molecule has 0 saturated heterocycles. The Labute approximate surface area is 153 Å². The standard InChI is InChI=1S/C21H22N4O/c1-15-10-16(2)12-18(11-15)25-21(26)19-13-20(24-14-23-19)22-9-8-17-6-4-3-5-7-17/h3-7,10-14H,8-9H2,1-2H3,(H,25,26)(H,22,23,24). The summed E-state index contributed by atoms with van der Waals surface area (Å²) in [6.07, 6.45) is 2.29. The van der Waals surface area contributed by atoms with Crippen LogP contribution in [-0.2, 0) is 6.42 Å². The third-order valence-electron chi connectivity index (χ3n) is 3.94. The second kappa shape index (κ2) is 8.25. The number of rotatable bonds is 6. The maximum Gasteiger partial charge on any atom is 0.274 e. The van der Waals surface area contributed by atoms with Gasteiger partial charge < -0.3 is 10.6 Å². The Morgan fingerprint density at radius 3 is 2.42 bits per heavy atom. The lowest BCUT2D eigenvalue weighted by Crippen LogP contribution is -2.15. The molecular weight excluding hydrogens is 324 g/mol. The molecule has 1 amide bonds. The van der Waals surface area contributed by atoms with Crippen molar-refractivity contribution in [3.63, 3.8) is 0 Å². The minimum atomic E-state index is -0.247. The summed E-state index contributed by atoms with van der Waals surface area (Å²) in [5, 5.41) is 6.13. The van der Waals surface area contributed by atoms with E-state index in [0.717, 1.165) is 29.8 Å². The fourth-order valence-corrected chi connectivity index (χ4v) is 2.80. The fraction of sp³-hybridized carbons (Fsp3) is 0.190. The molecule has 2 aromatic carbocycles. The van der Waals surface area contributed by atoms with Crippen LogP contribution in [0, 0.1) is 13.8 Å². The number of anilines is 2. The number of amides is 1. The summed E-state index contributed by atoms with van der Waals surface area (Å²) in [5.74, 6) is 0.394. The highest BCUT2D eigenvalue weighted by Gasteiger charge is 2.09. The van der Waals surface area contributed by atoms with Gasteiger partial charge >= 0.3 is 0 Å². The van der Waals surface area contributed by atoms with Gasteiger partial charge in [0.1, 0.15) is 17.8 Å². The molecule has 0 aliphatic rings. The summed E-state index contributed by atoms with van der Waals surface area (Å²) < 4.78 is 0. The Bertz CT molecular complexity index is 873. The van der Waals surface area contributed by atoms with E-state index in [1.165, 1.54) is 11.9 Å². The molecule has 1 heterocycles. The van der Waals surface area contributed by atoms with E-state index in [1.54, 1.807) is 6.07 Å². The third kappa shape index (κ3) is 4.89. The number of hydrogen-bond donors (Lipinski definition) is 2. The molecule has 1 aromatic heterocycles. The predicted octanol–water partition coefficient (Wildman–Crippen LogP) is 4.00. The first-order chi connectivity index (χ1) is 12.6. The topological polar surface area (TPSA) is 66.9 Å². The Hall–Kier alpha value is -3.21. The van der Waals surface area contributed by atoms with Crippen molar-refractivity contribution in [3.8, 4) is 0 Å². The van der Waals surface area contributed by atoms with E-state index in [1.807, 2.05) is 44.2 Å². The van der Waals surface area contributed by atoms with Crippen LogP contribution in [0.2, 0.25) is 0 Å². The number of carbonyl (C=O) groups is 1.